The second-order valence-corrected chi connectivity index (χ2v) is 8.73. The van der Waals surface area contributed by atoms with E-state index in [-0.39, 0.29) is 12.4 Å². The van der Waals surface area contributed by atoms with Gasteiger partial charge in [0.25, 0.3) is 0 Å². The maximum Gasteiger partial charge on any atom is 0.194 e. The van der Waals surface area contributed by atoms with Crippen molar-refractivity contribution >= 4 is 15.8 Å². The highest BCUT2D eigenvalue weighted by atomic mass is 32.2. The van der Waals surface area contributed by atoms with E-state index in [0.29, 0.717) is 31.2 Å². The van der Waals surface area contributed by atoms with Crippen LogP contribution in [0.1, 0.15) is 18.1 Å². The molecular formula is C19H33N3O5S. The van der Waals surface area contributed by atoms with Crippen molar-refractivity contribution in [2.45, 2.75) is 20.4 Å². The molecule has 1 aromatic carbocycles. The number of aryl methyl sites for hydroxylation is 1. The molecule has 0 aliphatic rings. The van der Waals surface area contributed by atoms with Gasteiger partial charge in [-0.05, 0) is 37.1 Å². The first-order chi connectivity index (χ1) is 13.2. The first-order valence-electron chi connectivity index (χ1n) is 9.18. The number of benzene rings is 1. The molecule has 0 aliphatic heterocycles. The fourth-order valence-corrected chi connectivity index (χ4v) is 2.94. The summed E-state index contributed by atoms with van der Waals surface area (Å²) in [5.74, 6) is 2.18. The number of aliphatic imine (C=N–C) groups is 1. The van der Waals surface area contributed by atoms with Gasteiger partial charge in [0.15, 0.2) is 17.5 Å². The molecule has 1 rings (SSSR count). The summed E-state index contributed by atoms with van der Waals surface area (Å²) in [7, 11) is 2.20. The van der Waals surface area contributed by atoms with E-state index in [1.54, 1.807) is 14.2 Å². The summed E-state index contributed by atoms with van der Waals surface area (Å²) in [6, 6.07) is 3.93. The lowest BCUT2D eigenvalue weighted by Gasteiger charge is -2.23. The normalized spacial score (nSPS) is 12.0. The van der Waals surface area contributed by atoms with Crippen LogP contribution in [0.25, 0.3) is 0 Å². The van der Waals surface area contributed by atoms with E-state index in [2.05, 4.69) is 10.3 Å². The molecule has 0 radical (unpaired) electrons. The van der Waals surface area contributed by atoms with Gasteiger partial charge in [0.1, 0.15) is 9.84 Å². The highest BCUT2D eigenvalue weighted by Crippen LogP contribution is 2.30. The molecule has 160 valence electrons. The van der Waals surface area contributed by atoms with Crippen LogP contribution in [-0.4, -0.2) is 78.9 Å². The molecule has 0 bridgehead atoms. The first kappa shape index (κ1) is 24.0. The van der Waals surface area contributed by atoms with E-state index in [1.165, 1.54) is 6.26 Å². The number of rotatable bonds is 11. The van der Waals surface area contributed by atoms with Gasteiger partial charge in [0.05, 0.1) is 39.7 Å². The molecule has 1 N–H and O–H groups in total. The monoisotopic (exact) mass is 415 g/mol. The number of methoxy groups -OCH3 is 2. The van der Waals surface area contributed by atoms with Crippen molar-refractivity contribution in [3.63, 3.8) is 0 Å². The lowest BCUT2D eigenvalue weighted by atomic mass is 10.1. The summed E-state index contributed by atoms with van der Waals surface area (Å²) < 4.78 is 38.3. The molecule has 0 atom stereocenters. The number of sulfone groups is 1. The average Bonchev–Trinajstić information content (AvgIpc) is 2.63. The molecular weight excluding hydrogens is 382 g/mol. The Kier molecular flexibility index (Phi) is 10.1. The van der Waals surface area contributed by atoms with Crippen LogP contribution in [0.2, 0.25) is 0 Å². The first-order valence-corrected chi connectivity index (χ1v) is 11.2. The second-order valence-electron chi connectivity index (χ2n) is 6.47. The van der Waals surface area contributed by atoms with Crippen molar-refractivity contribution in [1.29, 1.82) is 0 Å². The summed E-state index contributed by atoms with van der Waals surface area (Å²) in [5, 5.41) is 3.26. The Balaban J connectivity index is 2.72. The number of hydrogen-bond acceptors (Lipinski definition) is 6. The topological polar surface area (TPSA) is 89.5 Å². The second kappa shape index (κ2) is 11.8. The quantitative estimate of drug-likeness (QED) is 0.333. The van der Waals surface area contributed by atoms with Crippen molar-refractivity contribution < 1.29 is 22.6 Å². The predicted molar refractivity (Wildman–Crippen MR) is 112 cm³/mol. The van der Waals surface area contributed by atoms with E-state index >= 15 is 0 Å². The van der Waals surface area contributed by atoms with E-state index < -0.39 is 9.84 Å². The van der Waals surface area contributed by atoms with E-state index in [0.717, 1.165) is 23.6 Å². The minimum atomic E-state index is -3.00. The molecule has 0 fully saturated rings. The molecule has 28 heavy (non-hydrogen) atoms. The molecule has 0 saturated carbocycles. The van der Waals surface area contributed by atoms with Gasteiger partial charge in [-0.25, -0.2) is 8.42 Å². The Morgan fingerprint density at radius 2 is 1.82 bits per heavy atom. The Labute approximate surface area is 168 Å². The fraction of sp³-hybridized carbons (Fsp3) is 0.632. The van der Waals surface area contributed by atoms with Gasteiger partial charge in [0.2, 0.25) is 0 Å². The average molecular weight is 416 g/mol. The van der Waals surface area contributed by atoms with Gasteiger partial charge in [-0.15, -0.1) is 0 Å². The smallest absolute Gasteiger partial charge is 0.194 e. The zero-order valence-electron chi connectivity index (χ0n) is 17.7. The van der Waals surface area contributed by atoms with Crippen LogP contribution < -0.4 is 14.8 Å². The standard InChI is InChI=1S/C19H33N3O5S/c1-7-20-19(21-8-9-27-10-11-28(6,23)24)22(3)14-16-13-18(26-5)17(25-4)12-15(16)2/h12-13H,7-11,14H2,1-6H3,(H,20,21). The maximum absolute atomic E-state index is 11.1. The third-order valence-corrected chi connectivity index (χ3v) is 4.95. The number of guanidine groups is 1. The summed E-state index contributed by atoms with van der Waals surface area (Å²) >= 11 is 0. The highest BCUT2D eigenvalue weighted by Gasteiger charge is 2.12. The van der Waals surface area contributed by atoms with Crippen LogP contribution in [0.15, 0.2) is 17.1 Å². The Morgan fingerprint density at radius 1 is 1.18 bits per heavy atom. The van der Waals surface area contributed by atoms with Gasteiger partial charge in [-0.2, -0.15) is 0 Å². The van der Waals surface area contributed by atoms with Crippen LogP contribution in [0.5, 0.6) is 11.5 Å². The molecule has 0 heterocycles. The van der Waals surface area contributed by atoms with Crippen LogP contribution in [0.4, 0.5) is 0 Å². The lowest BCUT2D eigenvalue weighted by molar-refractivity contribution is 0.157. The summed E-state index contributed by atoms with van der Waals surface area (Å²) in [6.07, 6.45) is 1.20. The third kappa shape index (κ3) is 8.35. The van der Waals surface area contributed by atoms with Gasteiger partial charge >= 0.3 is 0 Å². The zero-order chi connectivity index (χ0) is 21.2. The van der Waals surface area contributed by atoms with Crippen LogP contribution in [-0.2, 0) is 21.1 Å². The Morgan fingerprint density at radius 3 is 2.39 bits per heavy atom. The van der Waals surface area contributed by atoms with Gasteiger partial charge < -0.3 is 24.4 Å². The van der Waals surface area contributed by atoms with Crippen LogP contribution in [0.3, 0.4) is 0 Å². The molecule has 9 heteroatoms. The largest absolute Gasteiger partial charge is 0.493 e. The molecule has 0 spiro atoms. The zero-order valence-corrected chi connectivity index (χ0v) is 18.6. The highest BCUT2D eigenvalue weighted by molar-refractivity contribution is 7.90. The van der Waals surface area contributed by atoms with Gasteiger partial charge in [0, 0.05) is 26.4 Å². The summed E-state index contributed by atoms with van der Waals surface area (Å²) in [6.45, 7) is 6.43. The van der Waals surface area contributed by atoms with Crippen LogP contribution >= 0.6 is 0 Å². The molecule has 0 aromatic heterocycles. The third-order valence-electron chi connectivity index (χ3n) is 4.04. The predicted octanol–water partition coefficient (Wildman–Crippen LogP) is 1.47. The lowest BCUT2D eigenvalue weighted by Crippen LogP contribution is -2.38. The van der Waals surface area contributed by atoms with Crippen molar-refractivity contribution in [2.24, 2.45) is 4.99 Å². The summed E-state index contributed by atoms with van der Waals surface area (Å²) in [5.41, 5.74) is 2.21. The number of hydrogen-bond donors (Lipinski definition) is 1. The SMILES string of the molecule is CCNC(=NCCOCCS(C)(=O)=O)N(C)Cc1cc(OC)c(OC)cc1C. The number of nitrogens with zero attached hydrogens (tertiary/aromatic N) is 2. The van der Waals surface area contributed by atoms with Crippen molar-refractivity contribution in [3.05, 3.63) is 23.3 Å². The van der Waals surface area contributed by atoms with Crippen LogP contribution in [0, 0.1) is 6.92 Å². The molecule has 1 aromatic rings. The molecule has 0 amide bonds. The van der Waals surface area contributed by atoms with Crippen molar-refractivity contribution in [1.82, 2.24) is 10.2 Å². The van der Waals surface area contributed by atoms with Crippen molar-refractivity contribution in [2.75, 3.05) is 59.6 Å². The molecule has 8 nitrogen and oxygen atoms in total. The van der Waals surface area contributed by atoms with Crippen molar-refractivity contribution in [3.8, 4) is 11.5 Å². The fourth-order valence-electron chi connectivity index (χ4n) is 2.52. The minimum absolute atomic E-state index is 0.0231. The summed E-state index contributed by atoms with van der Waals surface area (Å²) in [4.78, 5) is 6.57. The minimum Gasteiger partial charge on any atom is -0.493 e. The Hall–Kier alpha value is -2.00. The van der Waals surface area contributed by atoms with Gasteiger partial charge in [-0.1, -0.05) is 0 Å². The number of ether oxygens (including phenoxy) is 3. The molecule has 0 unspecified atom stereocenters. The van der Waals surface area contributed by atoms with Gasteiger partial charge in [-0.3, -0.25) is 4.99 Å². The van der Waals surface area contributed by atoms with E-state index in [1.807, 2.05) is 37.9 Å². The number of nitrogens with one attached hydrogen (secondary N) is 1. The maximum atomic E-state index is 11.1. The van der Waals surface area contributed by atoms with E-state index in [9.17, 15) is 8.42 Å². The Bertz CT molecular complexity index is 750. The molecule has 0 saturated heterocycles. The van der Waals surface area contributed by atoms with E-state index in [4.69, 9.17) is 14.2 Å². The molecule has 0 aliphatic carbocycles.